The van der Waals surface area contributed by atoms with E-state index < -0.39 is 11.4 Å². The molecule has 17 heavy (non-hydrogen) atoms. The number of hydrogen-bond acceptors (Lipinski definition) is 3. The van der Waals surface area contributed by atoms with E-state index in [0.29, 0.717) is 12.1 Å². The average molecular weight is 232 g/mol. The van der Waals surface area contributed by atoms with Crippen LogP contribution < -0.4 is 0 Å². The van der Waals surface area contributed by atoms with Gasteiger partial charge in [0, 0.05) is 18.8 Å². The molecule has 0 radical (unpaired) electrons. The fourth-order valence-corrected chi connectivity index (χ4v) is 1.69. The largest absolute Gasteiger partial charge is 0.383 e. The van der Waals surface area contributed by atoms with E-state index in [1.165, 1.54) is 12.1 Å². The number of aliphatic hydroxyl groups is 1. The normalized spacial score (nSPS) is 14.3. The number of halogens is 1. The predicted molar refractivity (Wildman–Crippen MR) is 61.7 cm³/mol. The number of aromatic nitrogens is 2. The molecular formula is C13H13FN2O. The van der Waals surface area contributed by atoms with Crippen molar-refractivity contribution < 1.29 is 9.50 Å². The van der Waals surface area contributed by atoms with Gasteiger partial charge >= 0.3 is 0 Å². The molecule has 88 valence electrons. The summed E-state index contributed by atoms with van der Waals surface area (Å²) in [6.45, 7) is 1.65. The van der Waals surface area contributed by atoms with Crippen LogP contribution in [0.4, 0.5) is 4.39 Å². The van der Waals surface area contributed by atoms with Crippen LogP contribution in [0.25, 0.3) is 0 Å². The van der Waals surface area contributed by atoms with Gasteiger partial charge in [0.05, 0.1) is 11.9 Å². The molecule has 2 rings (SSSR count). The molecule has 2 aromatic rings. The Balaban J connectivity index is 2.21. The maximum Gasteiger partial charge on any atom is 0.141 e. The fourth-order valence-electron chi connectivity index (χ4n) is 1.69. The summed E-state index contributed by atoms with van der Waals surface area (Å²) in [7, 11) is 0. The molecule has 4 heteroatoms. The van der Waals surface area contributed by atoms with Crippen molar-refractivity contribution in [3.8, 4) is 0 Å². The molecule has 1 atom stereocenters. The monoisotopic (exact) mass is 232 g/mol. The Hall–Kier alpha value is -1.81. The van der Waals surface area contributed by atoms with Crippen molar-refractivity contribution in [2.75, 3.05) is 0 Å². The maximum atomic E-state index is 12.7. The van der Waals surface area contributed by atoms with Gasteiger partial charge in [0.2, 0.25) is 0 Å². The second kappa shape index (κ2) is 4.59. The Morgan fingerprint density at radius 1 is 1.29 bits per heavy atom. The molecule has 0 saturated heterocycles. The van der Waals surface area contributed by atoms with Crippen molar-refractivity contribution in [2.24, 2.45) is 0 Å². The summed E-state index contributed by atoms with van der Waals surface area (Å²) in [4.78, 5) is 7.89. The molecule has 2 aromatic heterocycles. The Kier molecular flexibility index (Phi) is 3.15. The van der Waals surface area contributed by atoms with Crippen LogP contribution in [0.1, 0.15) is 18.2 Å². The Morgan fingerprint density at radius 2 is 2.12 bits per heavy atom. The Labute approximate surface area is 99.0 Å². The molecule has 0 fully saturated rings. The minimum absolute atomic E-state index is 0.388. The lowest BCUT2D eigenvalue weighted by molar-refractivity contribution is 0.0528. The van der Waals surface area contributed by atoms with Crippen LogP contribution in [0, 0.1) is 5.82 Å². The highest BCUT2D eigenvalue weighted by molar-refractivity contribution is 5.19. The number of rotatable bonds is 3. The van der Waals surface area contributed by atoms with Crippen LogP contribution >= 0.6 is 0 Å². The summed E-state index contributed by atoms with van der Waals surface area (Å²) in [5.41, 5.74) is 0.225. The van der Waals surface area contributed by atoms with E-state index in [-0.39, 0.29) is 0 Å². The van der Waals surface area contributed by atoms with Gasteiger partial charge in [0.1, 0.15) is 11.4 Å². The van der Waals surface area contributed by atoms with Crippen LogP contribution in [-0.4, -0.2) is 15.1 Å². The third-order valence-corrected chi connectivity index (χ3v) is 2.55. The standard InChI is InChI=1S/C13H13FN2O/c1-13(17,7-10-3-2-6-15-8-10)12-5-4-11(14)9-16-12/h2-6,8-9,17H,7H2,1H3. The van der Waals surface area contributed by atoms with Crippen molar-refractivity contribution in [2.45, 2.75) is 18.9 Å². The number of pyridine rings is 2. The SMILES string of the molecule is CC(O)(Cc1cccnc1)c1ccc(F)cn1. The van der Waals surface area contributed by atoms with Crippen molar-refractivity contribution in [1.29, 1.82) is 0 Å². The molecule has 0 aromatic carbocycles. The van der Waals surface area contributed by atoms with E-state index in [9.17, 15) is 9.50 Å². The quantitative estimate of drug-likeness (QED) is 0.881. The van der Waals surface area contributed by atoms with E-state index in [0.717, 1.165) is 11.8 Å². The van der Waals surface area contributed by atoms with Crippen LogP contribution in [0.5, 0.6) is 0 Å². The predicted octanol–water partition coefficient (Wildman–Crippen LogP) is 2.07. The second-order valence-electron chi connectivity index (χ2n) is 4.17. The first-order valence-electron chi connectivity index (χ1n) is 5.31. The molecule has 1 N–H and O–H groups in total. The lowest BCUT2D eigenvalue weighted by Crippen LogP contribution is -2.25. The molecule has 2 heterocycles. The van der Waals surface area contributed by atoms with E-state index in [4.69, 9.17) is 0 Å². The zero-order valence-corrected chi connectivity index (χ0v) is 9.47. The minimum atomic E-state index is -1.13. The van der Waals surface area contributed by atoms with Gasteiger partial charge in [-0.1, -0.05) is 6.07 Å². The molecular weight excluding hydrogens is 219 g/mol. The molecule has 1 unspecified atom stereocenters. The van der Waals surface area contributed by atoms with Gasteiger partial charge < -0.3 is 5.11 Å². The zero-order valence-electron chi connectivity index (χ0n) is 9.47. The first-order valence-corrected chi connectivity index (χ1v) is 5.31. The van der Waals surface area contributed by atoms with Crippen molar-refractivity contribution in [1.82, 2.24) is 9.97 Å². The highest BCUT2D eigenvalue weighted by Crippen LogP contribution is 2.23. The smallest absolute Gasteiger partial charge is 0.141 e. The third kappa shape index (κ3) is 2.85. The van der Waals surface area contributed by atoms with Gasteiger partial charge in [-0.05, 0) is 30.7 Å². The Bertz CT molecular complexity index is 483. The van der Waals surface area contributed by atoms with Gasteiger partial charge in [0.15, 0.2) is 0 Å². The van der Waals surface area contributed by atoms with E-state index >= 15 is 0 Å². The Morgan fingerprint density at radius 3 is 2.71 bits per heavy atom. The van der Waals surface area contributed by atoms with Crippen LogP contribution in [0.3, 0.4) is 0 Å². The number of nitrogens with zero attached hydrogens (tertiary/aromatic N) is 2. The summed E-state index contributed by atoms with van der Waals surface area (Å²) < 4.78 is 12.7. The average Bonchev–Trinajstić information content (AvgIpc) is 2.30. The summed E-state index contributed by atoms with van der Waals surface area (Å²) in [6.07, 6.45) is 4.86. The van der Waals surface area contributed by atoms with Gasteiger partial charge in [-0.25, -0.2) is 4.39 Å². The zero-order chi connectivity index (χ0) is 12.3. The summed E-state index contributed by atoms with van der Waals surface area (Å²) in [6, 6.07) is 6.47. The minimum Gasteiger partial charge on any atom is -0.383 e. The molecule has 3 nitrogen and oxygen atoms in total. The van der Waals surface area contributed by atoms with Crippen LogP contribution in [0.15, 0.2) is 42.9 Å². The molecule has 0 amide bonds. The molecule has 0 saturated carbocycles. The van der Waals surface area contributed by atoms with E-state index in [1.807, 2.05) is 12.1 Å². The fraction of sp³-hybridized carbons (Fsp3) is 0.231. The molecule has 0 bridgehead atoms. The summed E-state index contributed by atoms with van der Waals surface area (Å²) >= 11 is 0. The highest BCUT2D eigenvalue weighted by atomic mass is 19.1. The maximum absolute atomic E-state index is 12.7. The van der Waals surface area contributed by atoms with Gasteiger partial charge in [-0.3, -0.25) is 9.97 Å². The number of hydrogen-bond donors (Lipinski definition) is 1. The van der Waals surface area contributed by atoms with E-state index in [1.54, 1.807) is 19.3 Å². The van der Waals surface area contributed by atoms with Gasteiger partial charge in [-0.15, -0.1) is 0 Å². The van der Waals surface area contributed by atoms with Crippen LogP contribution in [0.2, 0.25) is 0 Å². The summed E-state index contributed by atoms with van der Waals surface area (Å²) in [5, 5.41) is 10.3. The molecule has 0 aliphatic heterocycles. The first-order chi connectivity index (χ1) is 8.08. The van der Waals surface area contributed by atoms with Crippen molar-refractivity contribution >= 4 is 0 Å². The van der Waals surface area contributed by atoms with Crippen LogP contribution in [-0.2, 0) is 12.0 Å². The lowest BCUT2D eigenvalue weighted by atomic mass is 9.93. The van der Waals surface area contributed by atoms with Crippen molar-refractivity contribution in [3.05, 3.63) is 59.9 Å². The van der Waals surface area contributed by atoms with Crippen molar-refractivity contribution in [3.63, 3.8) is 0 Å². The first kappa shape index (κ1) is 11.7. The molecule has 0 aliphatic carbocycles. The molecule has 0 spiro atoms. The topological polar surface area (TPSA) is 46.0 Å². The second-order valence-corrected chi connectivity index (χ2v) is 4.17. The summed E-state index contributed by atoms with van der Waals surface area (Å²) in [5.74, 6) is -0.411. The third-order valence-electron chi connectivity index (χ3n) is 2.55. The van der Waals surface area contributed by atoms with Gasteiger partial charge in [-0.2, -0.15) is 0 Å². The van der Waals surface area contributed by atoms with Gasteiger partial charge in [0.25, 0.3) is 0 Å². The molecule has 0 aliphatic rings. The van der Waals surface area contributed by atoms with E-state index in [2.05, 4.69) is 9.97 Å². The lowest BCUT2D eigenvalue weighted by Gasteiger charge is -2.22. The highest BCUT2D eigenvalue weighted by Gasteiger charge is 2.25.